The van der Waals surface area contributed by atoms with Crippen LogP contribution in [0.2, 0.25) is 0 Å². The molecule has 154 valence electrons. The number of carbonyl (C=O) groups is 1. The molecule has 0 bridgehead atoms. The minimum absolute atomic E-state index is 0.0194. The standard InChI is InChI=1S/C20H24N4O3S2/c1-15(2)16-3-5-18(6-4-16)29(26,27)24-9-7-22(8-10-24)19(25)13-17-14-23-11-12-28-20(23)21-17/h3-6,11-12,14-15H,7-10,13H2,1-2H3. The Kier molecular flexibility index (Phi) is 5.46. The van der Waals surface area contributed by atoms with Gasteiger partial charge in [-0.2, -0.15) is 4.31 Å². The van der Waals surface area contributed by atoms with Crippen molar-refractivity contribution < 1.29 is 13.2 Å². The van der Waals surface area contributed by atoms with E-state index in [9.17, 15) is 13.2 Å². The summed E-state index contributed by atoms with van der Waals surface area (Å²) in [5, 5.41) is 1.95. The summed E-state index contributed by atoms with van der Waals surface area (Å²) < 4.78 is 29.2. The summed E-state index contributed by atoms with van der Waals surface area (Å²) >= 11 is 1.53. The summed E-state index contributed by atoms with van der Waals surface area (Å²) in [6.07, 6.45) is 4.02. The fraction of sp³-hybridized carbons (Fsp3) is 0.400. The van der Waals surface area contributed by atoms with Gasteiger partial charge in [0.1, 0.15) is 0 Å². The minimum atomic E-state index is -3.54. The highest BCUT2D eigenvalue weighted by molar-refractivity contribution is 7.89. The van der Waals surface area contributed by atoms with Gasteiger partial charge in [0.2, 0.25) is 15.9 Å². The van der Waals surface area contributed by atoms with Crippen molar-refractivity contribution in [3.8, 4) is 0 Å². The number of aromatic nitrogens is 2. The van der Waals surface area contributed by atoms with Crippen LogP contribution in [0, 0.1) is 0 Å². The second kappa shape index (κ2) is 7.89. The molecule has 1 aliphatic rings. The lowest BCUT2D eigenvalue weighted by Gasteiger charge is -2.34. The third kappa shape index (κ3) is 4.08. The molecule has 3 aromatic rings. The number of fused-ring (bicyclic) bond motifs is 1. The number of sulfonamides is 1. The van der Waals surface area contributed by atoms with Gasteiger partial charge in [-0.1, -0.05) is 26.0 Å². The first kappa shape index (κ1) is 20.1. The van der Waals surface area contributed by atoms with Crippen molar-refractivity contribution >= 4 is 32.2 Å². The Morgan fingerprint density at radius 1 is 1.14 bits per heavy atom. The molecule has 0 radical (unpaired) electrons. The number of benzene rings is 1. The van der Waals surface area contributed by atoms with Gasteiger partial charge in [0.05, 0.1) is 17.0 Å². The van der Waals surface area contributed by atoms with E-state index in [0.717, 1.165) is 16.2 Å². The molecule has 0 spiro atoms. The van der Waals surface area contributed by atoms with Gasteiger partial charge < -0.3 is 4.90 Å². The van der Waals surface area contributed by atoms with Gasteiger partial charge in [-0.05, 0) is 23.6 Å². The molecular weight excluding hydrogens is 408 g/mol. The fourth-order valence-electron chi connectivity index (χ4n) is 3.48. The molecule has 1 saturated heterocycles. The quantitative estimate of drug-likeness (QED) is 0.621. The summed E-state index contributed by atoms with van der Waals surface area (Å²) in [5.74, 6) is 0.335. The summed E-state index contributed by atoms with van der Waals surface area (Å²) in [6.45, 7) is 5.55. The predicted molar refractivity (Wildman–Crippen MR) is 113 cm³/mol. The van der Waals surface area contributed by atoms with Crippen LogP contribution in [0.3, 0.4) is 0 Å². The number of thiazole rings is 1. The van der Waals surface area contributed by atoms with Crippen molar-refractivity contribution in [1.29, 1.82) is 0 Å². The lowest BCUT2D eigenvalue weighted by Crippen LogP contribution is -2.50. The molecule has 9 heteroatoms. The minimum Gasteiger partial charge on any atom is -0.340 e. The Morgan fingerprint density at radius 3 is 2.45 bits per heavy atom. The van der Waals surface area contributed by atoms with E-state index >= 15 is 0 Å². The molecule has 2 aromatic heterocycles. The van der Waals surface area contributed by atoms with Crippen molar-refractivity contribution in [2.75, 3.05) is 26.2 Å². The van der Waals surface area contributed by atoms with E-state index in [-0.39, 0.29) is 12.3 Å². The van der Waals surface area contributed by atoms with Crippen LogP contribution in [0.4, 0.5) is 0 Å². The Labute approximate surface area is 174 Å². The van der Waals surface area contributed by atoms with Gasteiger partial charge in [-0.25, -0.2) is 13.4 Å². The van der Waals surface area contributed by atoms with Crippen LogP contribution >= 0.6 is 11.3 Å². The van der Waals surface area contributed by atoms with Crippen molar-refractivity contribution in [3.63, 3.8) is 0 Å². The zero-order chi connectivity index (χ0) is 20.6. The molecule has 3 heterocycles. The zero-order valence-electron chi connectivity index (χ0n) is 16.5. The average molecular weight is 433 g/mol. The van der Waals surface area contributed by atoms with E-state index in [1.54, 1.807) is 17.0 Å². The van der Waals surface area contributed by atoms with Crippen molar-refractivity contribution in [2.24, 2.45) is 0 Å². The highest BCUT2D eigenvalue weighted by Gasteiger charge is 2.30. The molecule has 0 saturated carbocycles. The van der Waals surface area contributed by atoms with Crippen molar-refractivity contribution in [3.05, 3.63) is 53.3 Å². The number of hydrogen-bond acceptors (Lipinski definition) is 5. The number of nitrogens with zero attached hydrogens (tertiary/aromatic N) is 4. The van der Waals surface area contributed by atoms with Gasteiger partial charge in [-0.3, -0.25) is 9.20 Å². The molecule has 1 aliphatic heterocycles. The van der Waals surface area contributed by atoms with Gasteiger partial charge >= 0.3 is 0 Å². The lowest BCUT2D eigenvalue weighted by molar-refractivity contribution is -0.131. The highest BCUT2D eigenvalue weighted by atomic mass is 32.2. The molecule has 0 N–H and O–H groups in total. The third-order valence-corrected chi connectivity index (χ3v) is 7.93. The van der Waals surface area contributed by atoms with E-state index in [1.165, 1.54) is 15.6 Å². The SMILES string of the molecule is CC(C)c1ccc(S(=O)(=O)N2CCN(C(=O)Cc3cn4ccsc4n3)CC2)cc1. The number of piperazine rings is 1. The number of imidazole rings is 1. The van der Waals surface area contributed by atoms with Gasteiger partial charge in [0.15, 0.2) is 4.96 Å². The summed E-state index contributed by atoms with van der Waals surface area (Å²) in [7, 11) is -3.54. The molecule has 4 rings (SSSR count). The van der Waals surface area contributed by atoms with Crippen LogP contribution in [-0.2, 0) is 21.2 Å². The number of rotatable bonds is 5. The molecule has 1 amide bonds. The second-order valence-electron chi connectivity index (χ2n) is 7.51. The van der Waals surface area contributed by atoms with E-state index in [1.807, 2.05) is 34.3 Å². The maximum atomic E-state index is 12.9. The molecule has 0 aliphatic carbocycles. The predicted octanol–water partition coefficient (Wildman–Crippen LogP) is 2.59. The third-order valence-electron chi connectivity index (χ3n) is 5.25. The van der Waals surface area contributed by atoms with Crippen LogP contribution in [0.1, 0.15) is 31.0 Å². The largest absolute Gasteiger partial charge is 0.340 e. The van der Waals surface area contributed by atoms with E-state index in [0.29, 0.717) is 37.0 Å². The molecule has 7 nitrogen and oxygen atoms in total. The van der Waals surface area contributed by atoms with E-state index in [2.05, 4.69) is 18.8 Å². The van der Waals surface area contributed by atoms with Gasteiger partial charge in [0.25, 0.3) is 0 Å². The van der Waals surface area contributed by atoms with Crippen molar-refractivity contribution in [1.82, 2.24) is 18.6 Å². The van der Waals surface area contributed by atoms with Crippen LogP contribution < -0.4 is 0 Å². The number of amides is 1. The summed E-state index contributed by atoms with van der Waals surface area (Å²) in [4.78, 5) is 20.0. The van der Waals surface area contributed by atoms with Crippen LogP contribution in [-0.4, -0.2) is 59.1 Å². The van der Waals surface area contributed by atoms with Gasteiger partial charge in [0, 0.05) is 44.0 Å². The first-order chi connectivity index (χ1) is 13.8. The average Bonchev–Trinajstić information content (AvgIpc) is 3.30. The lowest BCUT2D eigenvalue weighted by atomic mass is 10.0. The molecular formula is C20H24N4O3S2. The zero-order valence-corrected chi connectivity index (χ0v) is 18.1. The summed E-state index contributed by atoms with van der Waals surface area (Å²) in [5.41, 5.74) is 1.85. The summed E-state index contributed by atoms with van der Waals surface area (Å²) in [6, 6.07) is 7.08. The molecule has 0 atom stereocenters. The van der Waals surface area contributed by atoms with Crippen molar-refractivity contribution in [2.45, 2.75) is 31.1 Å². The Bertz CT molecular complexity index is 1080. The Hall–Kier alpha value is -2.23. The smallest absolute Gasteiger partial charge is 0.243 e. The number of hydrogen-bond donors (Lipinski definition) is 0. The maximum absolute atomic E-state index is 12.9. The highest BCUT2D eigenvalue weighted by Crippen LogP contribution is 2.21. The van der Waals surface area contributed by atoms with E-state index < -0.39 is 10.0 Å². The number of carbonyl (C=O) groups excluding carboxylic acids is 1. The maximum Gasteiger partial charge on any atom is 0.243 e. The fourth-order valence-corrected chi connectivity index (χ4v) is 5.62. The van der Waals surface area contributed by atoms with Crippen LogP contribution in [0.25, 0.3) is 4.96 Å². The van der Waals surface area contributed by atoms with E-state index in [4.69, 9.17) is 0 Å². The first-order valence-corrected chi connectivity index (χ1v) is 12.0. The second-order valence-corrected chi connectivity index (χ2v) is 10.3. The molecule has 0 unspecified atom stereocenters. The monoisotopic (exact) mass is 432 g/mol. The molecule has 29 heavy (non-hydrogen) atoms. The van der Waals surface area contributed by atoms with Crippen LogP contribution in [0.15, 0.2) is 46.9 Å². The molecule has 1 fully saturated rings. The molecule has 1 aromatic carbocycles. The Morgan fingerprint density at radius 2 is 1.83 bits per heavy atom. The van der Waals surface area contributed by atoms with Crippen LogP contribution in [0.5, 0.6) is 0 Å². The first-order valence-electron chi connectivity index (χ1n) is 9.63. The van der Waals surface area contributed by atoms with Gasteiger partial charge in [-0.15, -0.1) is 11.3 Å². The Balaban J connectivity index is 1.37. The topological polar surface area (TPSA) is 75.0 Å². The normalized spacial score (nSPS) is 16.0.